The minimum atomic E-state index is -0.994. The first kappa shape index (κ1) is 9.20. The molecule has 0 amide bonds. The molecule has 0 radical (unpaired) electrons. The van der Waals surface area contributed by atoms with Gasteiger partial charge in [0, 0.05) is 23.4 Å². The lowest BCUT2D eigenvalue weighted by Crippen LogP contribution is -1.93. The van der Waals surface area contributed by atoms with E-state index in [1.54, 1.807) is 6.07 Å². The highest BCUT2D eigenvalue weighted by Crippen LogP contribution is 2.17. The molecule has 2 nitrogen and oxygen atoms in total. The lowest BCUT2D eigenvalue weighted by atomic mass is 10.1. The van der Waals surface area contributed by atoms with Crippen LogP contribution in [0.4, 0.5) is 14.5 Å². The number of halogens is 2. The summed E-state index contributed by atoms with van der Waals surface area (Å²) in [5.41, 5.74) is 5.76. The van der Waals surface area contributed by atoms with Crippen LogP contribution in [0.1, 0.15) is 5.56 Å². The standard InChI is InChI=1S/C9H6F2N2/c10-7-4-6(2-1-3-12)9(13)5-8(7)11/h1-2,4-5H,13H2. The molecule has 1 aromatic carbocycles. The minimum Gasteiger partial charge on any atom is -0.398 e. The number of hydrogen-bond acceptors (Lipinski definition) is 2. The van der Waals surface area contributed by atoms with E-state index in [1.165, 1.54) is 6.08 Å². The van der Waals surface area contributed by atoms with E-state index in [0.29, 0.717) is 5.56 Å². The van der Waals surface area contributed by atoms with E-state index < -0.39 is 11.6 Å². The van der Waals surface area contributed by atoms with Gasteiger partial charge in [0.15, 0.2) is 11.6 Å². The van der Waals surface area contributed by atoms with Gasteiger partial charge in [0.2, 0.25) is 0 Å². The van der Waals surface area contributed by atoms with E-state index >= 15 is 0 Å². The molecular weight excluding hydrogens is 174 g/mol. The lowest BCUT2D eigenvalue weighted by molar-refractivity contribution is 0.509. The van der Waals surface area contributed by atoms with E-state index in [-0.39, 0.29) is 5.69 Å². The van der Waals surface area contributed by atoms with Crippen LogP contribution in [0.25, 0.3) is 6.08 Å². The smallest absolute Gasteiger partial charge is 0.160 e. The quantitative estimate of drug-likeness (QED) is 0.531. The van der Waals surface area contributed by atoms with Crippen LogP contribution < -0.4 is 5.73 Å². The van der Waals surface area contributed by atoms with Crippen molar-refractivity contribution in [2.24, 2.45) is 0 Å². The normalized spacial score (nSPS) is 10.2. The van der Waals surface area contributed by atoms with Crippen LogP contribution in [0.15, 0.2) is 18.2 Å². The Hall–Kier alpha value is -1.89. The highest BCUT2D eigenvalue weighted by atomic mass is 19.2. The molecule has 66 valence electrons. The maximum Gasteiger partial charge on any atom is 0.160 e. The molecule has 0 heterocycles. The fraction of sp³-hybridized carbons (Fsp3) is 0. The Balaban J connectivity index is 3.17. The van der Waals surface area contributed by atoms with Crippen LogP contribution >= 0.6 is 0 Å². The van der Waals surface area contributed by atoms with E-state index in [0.717, 1.165) is 18.2 Å². The number of hydrogen-bond donors (Lipinski definition) is 1. The van der Waals surface area contributed by atoms with Crippen LogP contribution in [0.5, 0.6) is 0 Å². The van der Waals surface area contributed by atoms with Crippen molar-refractivity contribution in [3.8, 4) is 6.07 Å². The summed E-state index contributed by atoms with van der Waals surface area (Å²) in [5.74, 6) is -1.97. The second-order valence-electron chi connectivity index (χ2n) is 2.36. The molecule has 1 aromatic rings. The van der Waals surface area contributed by atoms with Crippen molar-refractivity contribution < 1.29 is 8.78 Å². The van der Waals surface area contributed by atoms with Gasteiger partial charge < -0.3 is 5.73 Å². The van der Waals surface area contributed by atoms with E-state index in [4.69, 9.17) is 11.0 Å². The molecule has 4 heteroatoms. The SMILES string of the molecule is N#CC=Cc1cc(F)c(F)cc1N. The van der Waals surface area contributed by atoms with Gasteiger partial charge in [-0.05, 0) is 12.1 Å². The molecule has 0 aliphatic rings. The van der Waals surface area contributed by atoms with Gasteiger partial charge in [0.25, 0.3) is 0 Å². The maximum atomic E-state index is 12.6. The average molecular weight is 180 g/mol. The molecule has 0 fully saturated rings. The molecule has 13 heavy (non-hydrogen) atoms. The fourth-order valence-electron chi connectivity index (χ4n) is 0.849. The number of nitrogens with two attached hydrogens (primary N) is 1. The van der Waals surface area contributed by atoms with Gasteiger partial charge in [-0.15, -0.1) is 0 Å². The van der Waals surface area contributed by atoms with Crippen LogP contribution in [0.2, 0.25) is 0 Å². The summed E-state index contributed by atoms with van der Waals surface area (Å²) in [6.07, 6.45) is 2.46. The average Bonchev–Trinajstić information content (AvgIpc) is 2.09. The zero-order valence-corrected chi connectivity index (χ0v) is 6.59. The summed E-state index contributed by atoms with van der Waals surface area (Å²) in [7, 11) is 0. The Kier molecular flexibility index (Phi) is 2.60. The monoisotopic (exact) mass is 180 g/mol. The number of anilines is 1. The van der Waals surface area contributed by atoms with Crippen molar-refractivity contribution in [1.29, 1.82) is 5.26 Å². The van der Waals surface area contributed by atoms with E-state index in [2.05, 4.69) is 0 Å². The predicted molar refractivity (Wildman–Crippen MR) is 45.4 cm³/mol. The Morgan fingerprint density at radius 3 is 2.54 bits per heavy atom. The van der Waals surface area contributed by atoms with Gasteiger partial charge in [-0.3, -0.25) is 0 Å². The first-order valence-electron chi connectivity index (χ1n) is 3.46. The second kappa shape index (κ2) is 3.68. The topological polar surface area (TPSA) is 49.8 Å². The summed E-state index contributed by atoms with van der Waals surface area (Å²) in [6.45, 7) is 0. The highest BCUT2D eigenvalue weighted by molar-refractivity contribution is 5.65. The van der Waals surface area contributed by atoms with Gasteiger partial charge in [0.05, 0.1) is 6.07 Å². The van der Waals surface area contributed by atoms with Crippen molar-refractivity contribution in [2.75, 3.05) is 5.73 Å². The molecule has 0 unspecified atom stereocenters. The van der Waals surface area contributed by atoms with Crippen molar-refractivity contribution in [2.45, 2.75) is 0 Å². The third-order valence-corrected chi connectivity index (χ3v) is 1.46. The largest absolute Gasteiger partial charge is 0.398 e. The van der Waals surface area contributed by atoms with Crippen molar-refractivity contribution in [1.82, 2.24) is 0 Å². The molecule has 0 saturated carbocycles. The number of benzene rings is 1. The van der Waals surface area contributed by atoms with Gasteiger partial charge in [-0.25, -0.2) is 8.78 Å². The maximum absolute atomic E-state index is 12.6. The Labute approximate surface area is 73.9 Å². The summed E-state index contributed by atoms with van der Waals surface area (Å²) < 4.78 is 25.2. The van der Waals surface area contributed by atoms with Crippen LogP contribution in [-0.4, -0.2) is 0 Å². The summed E-state index contributed by atoms with van der Waals surface area (Å²) >= 11 is 0. The van der Waals surface area contributed by atoms with Gasteiger partial charge >= 0.3 is 0 Å². The molecule has 0 bridgehead atoms. The predicted octanol–water partition coefficient (Wildman–Crippen LogP) is 2.08. The highest BCUT2D eigenvalue weighted by Gasteiger charge is 2.04. The number of allylic oxidation sites excluding steroid dienone is 1. The third-order valence-electron chi connectivity index (χ3n) is 1.46. The van der Waals surface area contributed by atoms with Crippen molar-refractivity contribution in [3.63, 3.8) is 0 Å². The Morgan fingerprint density at radius 1 is 1.31 bits per heavy atom. The van der Waals surface area contributed by atoms with Crippen LogP contribution in [0, 0.1) is 23.0 Å². The summed E-state index contributed by atoms with van der Waals surface area (Å²) in [5, 5.41) is 8.20. The number of nitrogens with zero attached hydrogens (tertiary/aromatic N) is 1. The van der Waals surface area contributed by atoms with Crippen molar-refractivity contribution >= 4 is 11.8 Å². The van der Waals surface area contributed by atoms with Crippen LogP contribution in [-0.2, 0) is 0 Å². The number of nitriles is 1. The summed E-state index contributed by atoms with van der Waals surface area (Å²) in [6, 6.07) is 3.55. The number of rotatable bonds is 1. The van der Waals surface area contributed by atoms with E-state index in [9.17, 15) is 8.78 Å². The molecule has 0 atom stereocenters. The van der Waals surface area contributed by atoms with Gasteiger partial charge in [-0.2, -0.15) is 5.26 Å². The molecule has 2 N–H and O–H groups in total. The zero-order chi connectivity index (χ0) is 9.84. The third kappa shape index (κ3) is 2.03. The summed E-state index contributed by atoms with van der Waals surface area (Å²) in [4.78, 5) is 0. The molecular formula is C9H6F2N2. The molecule has 0 saturated heterocycles. The zero-order valence-electron chi connectivity index (χ0n) is 6.59. The molecule has 0 aliphatic carbocycles. The van der Waals surface area contributed by atoms with Gasteiger partial charge in [0.1, 0.15) is 0 Å². The molecule has 0 aromatic heterocycles. The minimum absolute atomic E-state index is 0.102. The first-order chi connectivity index (χ1) is 6.15. The lowest BCUT2D eigenvalue weighted by Gasteiger charge is -2.00. The Morgan fingerprint density at radius 2 is 1.92 bits per heavy atom. The molecule has 0 aliphatic heterocycles. The molecule has 0 spiro atoms. The van der Waals surface area contributed by atoms with E-state index in [1.807, 2.05) is 0 Å². The fourth-order valence-corrected chi connectivity index (χ4v) is 0.849. The van der Waals surface area contributed by atoms with Gasteiger partial charge in [-0.1, -0.05) is 0 Å². The number of nitrogen functional groups attached to an aromatic ring is 1. The van der Waals surface area contributed by atoms with Crippen LogP contribution in [0.3, 0.4) is 0 Å². The Bertz CT molecular complexity index is 391. The first-order valence-corrected chi connectivity index (χ1v) is 3.46. The molecule has 1 rings (SSSR count). The van der Waals surface area contributed by atoms with Crippen molar-refractivity contribution in [3.05, 3.63) is 35.4 Å². The second-order valence-corrected chi connectivity index (χ2v) is 2.36.